The molecule has 1 aliphatic carbocycles. The summed E-state index contributed by atoms with van der Waals surface area (Å²) in [6, 6.07) is 0. The molecule has 3 atom stereocenters. The summed E-state index contributed by atoms with van der Waals surface area (Å²) in [5.41, 5.74) is 0. The van der Waals surface area contributed by atoms with Crippen LogP contribution in [0.25, 0.3) is 0 Å². The van der Waals surface area contributed by atoms with E-state index in [0.717, 1.165) is 13.0 Å². The number of hydrogen-bond donors (Lipinski definition) is 1. The van der Waals surface area contributed by atoms with Gasteiger partial charge in [-0.2, -0.15) is 0 Å². The SMILES string of the molecule is CN(C)C[C@@H]1CCCCC[C@@H](Br)[C@@H]1O. The highest BCUT2D eigenvalue weighted by molar-refractivity contribution is 9.09. The van der Waals surface area contributed by atoms with Crippen LogP contribution in [0.1, 0.15) is 32.1 Å². The second-order valence-electron chi connectivity index (χ2n) is 4.67. The normalized spacial score (nSPS) is 35.4. The van der Waals surface area contributed by atoms with E-state index in [2.05, 4.69) is 34.9 Å². The molecule has 0 aliphatic heterocycles. The monoisotopic (exact) mass is 263 g/mol. The summed E-state index contributed by atoms with van der Waals surface area (Å²) in [5, 5.41) is 10.1. The molecule has 0 spiro atoms. The lowest BCUT2D eigenvalue weighted by atomic mass is 9.88. The van der Waals surface area contributed by atoms with E-state index in [0.29, 0.717) is 10.7 Å². The fourth-order valence-corrected chi connectivity index (χ4v) is 2.98. The molecule has 0 amide bonds. The molecule has 0 heterocycles. The Bertz CT molecular complexity index is 163. The molecule has 1 fully saturated rings. The van der Waals surface area contributed by atoms with Crippen molar-refractivity contribution in [2.75, 3.05) is 20.6 Å². The van der Waals surface area contributed by atoms with Crippen LogP contribution in [-0.2, 0) is 0 Å². The Morgan fingerprint density at radius 1 is 1.21 bits per heavy atom. The Balaban J connectivity index is 2.50. The smallest absolute Gasteiger partial charge is 0.0705 e. The molecule has 0 bridgehead atoms. The standard InChI is InChI=1S/C11H22BrNO/c1-13(2)8-9-6-4-3-5-7-10(12)11(9)14/h9-11,14H,3-8H2,1-2H3/t9-,10+,11+/m0/s1. The number of alkyl halides is 1. The van der Waals surface area contributed by atoms with Crippen molar-refractivity contribution in [3.63, 3.8) is 0 Å². The van der Waals surface area contributed by atoms with Crippen molar-refractivity contribution in [3.8, 4) is 0 Å². The van der Waals surface area contributed by atoms with Gasteiger partial charge in [0.15, 0.2) is 0 Å². The number of aliphatic hydroxyl groups excluding tert-OH is 1. The summed E-state index contributed by atoms with van der Waals surface area (Å²) in [6.45, 7) is 1.00. The molecule has 0 aromatic rings. The average Bonchev–Trinajstić information content (AvgIpc) is 2.11. The third-order valence-electron chi connectivity index (χ3n) is 3.01. The number of rotatable bonds is 2. The first-order chi connectivity index (χ1) is 6.61. The largest absolute Gasteiger partial charge is 0.392 e. The zero-order valence-corrected chi connectivity index (χ0v) is 10.8. The molecule has 0 aromatic heterocycles. The highest BCUT2D eigenvalue weighted by Crippen LogP contribution is 2.27. The molecule has 0 saturated heterocycles. The van der Waals surface area contributed by atoms with Crippen LogP contribution in [0.2, 0.25) is 0 Å². The van der Waals surface area contributed by atoms with Crippen molar-refractivity contribution in [2.24, 2.45) is 5.92 Å². The number of nitrogens with zero attached hydrogens (tertiary/aromatic N) is 1. The summed E-state index contributed by atoms with van der Waals surface area (Å²) >= 11 is 3.60. The van der Waals surface area contributed by atoms with E-state index in [1.54, 1.807) is 0 Å². The topological polar surface area (TPSA) is 23.5 Å². The van der Waals surface area contributed by atoms with Crippen LogP contribution in [0.3, 0.4) is 0 Å². The molecule has 1 N–H and O–H groups in total. The third-order valence-corrected chi connectivity index (χ3v) is 4.01. The minimum Gasteiger partial charge on any atom is -0.392 e. The number of halogens is 1. The van der Waals surface area contributed by atoms with E-state index in [4.69, 9.17) is 0 Å². The summed E-state index contributed by atoms with van der Waals surface area (Å²) < 4.78 is 0. The Morgan fingerprint density at radius 2 is 1.86 bits per heavy atom. The van der Waals surface area contributed by atoms with Crippen LogP contribution in [-0.4, -0.2) is 41.6 Å². The van der Waals surface area contributed by atoms with E-state index < -0.39 is 0 Å². The maximum Gasteiger partial charge on any atom is 0.0705 e. The minimum absolute atomic E-state index is 0.169. The second-order valence-corrected chi connectivity index (χ2v) is 5.84. The van der Waals surface area contributed by atoms with Crippen molar-refractivity contribution in [1.82, 2.24) is 4.90 Å². The predicted octanol–water partition coefficient (Wildman–Crippen LogP) is 2.25. The summed E-state index contributed by atoms with van der Waals surface area (Å²) in [6.07, 6.45) is 5.96. The first-order valence-corrected chi connectivity index (χ1v) is 6.49. The van der Waals surface area contributed by atoms with Crippen molar-refractivity contribution in [3.05, 3.63) is 0 Å². The lowest BCUT2D eigenvalue weighted by Crippen LogP contribution is -2.37. The Kier molecular flexibility index (Phi) is 5.42. The summed E-state index contributed by atoms with van der Waals surface area (Å²) in [5.74, 6) is 0.440. The fourth-order valence-electron chi connectivity index (χ4n) is 2.23. The molecular weight excluding hydrogens is 242 g/mol. The van der Waals surface area contributed by atoms with Gasteiger partial charge in [0.25, 0.3) is 0 Å². The maximum atomic E-state index is 10.1. The third kappa shape index (κ3) is 3.87. The van der Waals surface area contributed by atoms with Crippen LogP contribution in [0.4, 0.5) is 0 Å². The van der Waals surface area contributed by atoms with Crippen LogP contribution in [0, 0.1) is 5.92 Å². The van der Waals surface area contributed by atoms with E-state index in [1.807, 2.05) is 0 Å². The molecule has 0 radical (unpaired) electrons. The van der Waals surface area contributed by atoms with E-state index in [9.17, 15) is 5.11 Å². The fraction of sp³-hybridized carbons (Fsp3) is 1.00. The van der Waals surface area contributed by atoms with Crippen molar-refractivity contribution >= 4 is 15.9 Å². The van der Waals surface area contributed by atoms with Gasteiger partial charge in [0.05, 0.1) is 6.10 Å². The molecule has 3 heteroatoms. The zero-order chi connectivity index (χ0) is 10.6. The summed E-state index contributed by atoms with van der Waals surface area (Å²) in [4.78, 5) is 2.47. The van der Waals surface area contributed by atoms with Crippen LogP contribution in [0.15, 0.2) is 0 Å². The van der Waals surface area contributed by atoms with Gasteiger partial charge >= 0.3 is 0 Å². The molecule has 1 aliphatic rings. The highest BCUT2D eigenvalue weighted by Gasteiger charge is 2.27. The van der Waals surface area contributed by atoms with Gasteiger partial charge in [-0.15, -0.1) is 0 Å². The minimum atomic E-state index is -0.169. The predicted molar refractivity (Wildman–Crippen MR) is 63.9 cm³/mol. The van der Waals surface area contributed by atoms with Gasteiger partial charge in [-0.05, 0) is 32.9 Å². The molecule has 0 unspecified atom stereocenters. The van der Waals surface area contributed by atoms with Crippen LogP contribution in [0.5, 0.6) is 0 Å². The molecule has 84 valence electrons. The zero-order valence-electron chi connectivity index (χ0n) is 9.25. The van der Waals surface area contributed by atoms with E-state index >= 15 is 0 Å². The molecule has 1 rings (SSSR count). The van der Waals surface area contributed by atoms with Gasteiger partial charge in [-0.3, -0.25) is 0 Å². The van der Waals surface area contributed by atoms with Gasteiger partial charge in [0.1, 0.15) is 0 Å². The van der Waals surface area contributed by atoms with Crippen molar-refractivity contribution < 1.29 is 5.11 Å². The molecule has 2 nitrogen and oxygen atoms in total. The first-order valence-electron chi connectivity index (χ1n) is 5.58. The number of hydrogen-bond acceptors (Lipinski definition) is 2. The van der Waals surface area contributed by atoms with Crippen molar-refractivity contribution in [1.29, 1.82) is 0 Å². The average molecular weight is 264 g/mol. The number of aliphatic hydroxyl groups is 1. The first kappa shape index (κ1) is 12.5. The molecule has 0 aromatic carbocycles. The van der Waals surface area contributed by atoms with Crippen LogP contribution < -0.4 is 0 Å². The molecular formula is C11H22BrNO. The Morgan fingerprint density at radius 3 is 2.50 bits per heavy atom. The van der Waals surface area contributed by atoms with Gasteiger partial charge < -0.3 is 10.0 Å². The van der Waals surface area contributed by atoms with Crippen LogP contribution >= 0.6 is 15.9 Å². The lowest BCUT2D eigenvalue weighted by molar-refractivity contribution is 0.0753. The van der Waals surface area contributed by atoms with Gasteiger partial charge in [0.2, 0.25) is 0 Å². The Labute approximate surface area is 95.8 Å². The van der Waals surface area contributed by atoms with E-state index in [1.165, 1.54) is 25.7 Å². The van der Waals surface area contributed by atoms with E-state index in [-0.39, 0.29) is 6.10 Å². The summed E-state index contributed by atoms with van der Waals surface area (Å²) in [7, 11) is 4.16. The highest BCUT2D eigenvalue weighted by atomic mass is 79.9. The Hall–Kier alpha value is 0.400. The second kappa shape index (κ2) is 6.09. The molecule has 14 heavy (non-hydrogen) atoms. The van der Waals surface area contributed by atoms with Crippen molar-refractivity contribution in [2.45, 2.75) is 43.0 Å². The molecule has 1 saturated carbocycles. The maximum absolute atomic E-state index is 10.1. The van der Waals surface area contributed by atoms with Gasteiger partial charge in [-0.25, -0.2) is 0 Å². The van der Waals surface area contributed by atoms with Gasteiger partial charge in [0, 0.05) is 11.4 Å². The quantitative estimate of drug-likeness (QED) is 0.773. The van der Waals surface area contributed by atoms with Gasteiger partial charge in [-0.1, -0.05) is 35.2 Å². The lowest BCUT2D eigenvalue weighted by Gasteiger charge is -2.31.